The summed E-state index contributed by atoms with van der Waals surface area (Å²) in [5.74, 6) is 0.684. The average Bonchev–Trinajstić information content (AvgIpc) is 3.14. The quantitative estimate of drug-likeness (QED) is 0.701. The number of furan rings is 1. The second kappa shape index (κ2) is 7.56. The standard InChI is InChI=1S/C18H18N4O4/c1-2-25-13-6-3-5-12(9-13)20-17(23)11-22-18(24)14(19)10-15(21-22)16-7-4-8-26-16/h3-10H,2,11,19H2,1H3,(H,20,23). The lowest BCUT2D eigenvalue weighted by atomic mass is 10.3. The third kappa shape index (κ3) is 3.92. The first kappa shape index (κ1) is 17.3. The van der Waals surface area contributed by atoms with Gasteiger partial charge < -0.3 is 20.2 Å². The number of hydrogen-bond donors (Lipinski definition) is 2. The van der Waals surface area contributed by atoms with Gasteiger partial charge in [-0.3, -0.25) is 9.59 Å². The third-order valence-corrected chi connectivity index (χ3v) is 3.50. The molecule has 0 saturated carbocycles. The minimum absolute atomic E-state index is 0.0162. The van der Waals surface area contributed by atoms with Gasteiger partial charge in [-0.1, -0.05) is 6.07 Å². The number of aromatic nitrogens is 2. The molecule has 2 aromatic heterocycles. The van der Waals surface area contributed by atoms with Gasteiger partial charge in [0.05, 0.1) is 12.9 Å². The lowest BCUT2D eigenvalue weighted by Crippen LogP contribution is -2.31. The molecule has 3 N–H and O–H groups in total. The smallest absolute Gasteiger partial charge is 0.290 e. The van der Waals surface area contributed by atoms with Crippen LogP contribution in [0.3, 0.4) is 0 Å². The molecule has 3 aromatic rings. The highest BCUT2D eigenvalue weighted by Gasteiger charge is 2.13. The van der Waals surface area contributed by atoms with Gasteiger partial charge in [0.2, 0.25) is 5.91 Å². The number of rotatable bonds is 6. The van der Waals surface area contributed by atoms with Crippen molar-refractivity contribution >= 4 is 17.3 Å². The van der Waals surface area contributed by atoms with Crippen molar-refractivity contribution in [2.45, 2.75) is 13.5 Å². The Morgan fingerprint density at radius 3 is 2.88 bits per heavy atom. The zero-order chi connectivity index (χ0) is 18.5. The zero-order valence-electron chi connectivity index (χ0n) is 14.1. The first-order valence-corrected chi connectivity index (χ1v) is 8.01. The van der Waals surface area contributed by atoms with E-state index in [2.05, 4.69) is 10.4 Å². The largest absolute Gasteiger partial charge is 0.494 e. The van der Waals surface area contributed by atoms with Crippen LogP contribution >= 0.6 is 0 Å². The maximum atomic E-state index is 12.3. The Balaban J connectivity index is 1.79. The number of carbonyl (C=O) groups excluding carboxylic acids is 1. The maximum Gasteiger partial charge on any atom is 0.290 e. The fourth-order valence-corrected chi connectivity index (χ4v) is 2.38. The topological polar surface area (TPSA) is 112 Å². The summed E-state index contributed by atoms with van der Waals surface area (Å²) in [6.07, 6.45) is 1.49. The zero-order valence-corrected chi connectivity index (χ0v) is 14.1. The highest BCUT2D eigenvalue weighted by molar-refractivity contribution is 5.90. The molecule has 1 aromatic carbocycles. The number of carbonyl (C=O) groups is 1. The van der Waals surface area contributed by atoms with E-state index in [4.69, 9.17) is 14.9 Å². The molecule has 0 aliphatic carbocycles. The minimum atomic E-state index is -0.543. The van der Waals surface area contributed by atoms with E-state index in [1.807, 2.05) is 6.92 Å². The average molecular weight is 354 g/mol. The van der Waals surface area contributed by atoms with Gasteiger partial charge in [-0.05, 0) is 37.3 Å². The number of nitrogens with zero attached hydrogens (tertiary/aromatic N) is 2. The minimum Gasteiger partial charge on any atom is -0.494 e. The molecule has 1 amide bonds. The van der Waals surface area contributed by atoms with Crippen LogP contribution in [0.2, 0.25) is 0 Å². The lowest BCUT2D eigenvalue weighted by Gasteiger charge is -2.10. The van der Waals surface area contributed by atoms with Gasteiger partial charge >= 0.3 is 0 Å². The van der Waals surface area contributed by atoms with Crippen LogP contribution in [-0.4, -0.2) is 22.3 Å². The van der Waals surface area contributed by atoms with E-state index in [0.29, 0.717) is 29.5 Å². The molecule has 8 nitrogen and oxygen atoms in total. The fourth-order valence-electron chi connectivity index (χ4n) is 2.38. The first-order valence-electron chi connectivity index (χ1n) is 8.01. The van der Waals surface area contributed by atoms with Crippen molar-refractivity contribution in [1.82, 2.24) is 9.78 Å². The molecule has 0 unspecified atom stereocenters. The van der Waals surface area contributed by atoms with Crippen LogP contribution in [0.25, 0.3) is 11.5 Å². The Kier molecular flexibility index (Phi) is 5.02. The normalized spacial score (nSPS) is 10.5. The Hall–Kier alpha value is -3.55. The summed E-state index contributed by atoms with van der Waals surface area (Å²) in [7, 11) is 0. The summed E-state index contributed by atoms with van der Waals surface area (Å²) in [5.41, 5.74) is 6.12. The van der Waals surface area contributed by atoms with E-state index in [1.54, 1.807) is 36.4 Å². The molecule has 0 radical (unpaired) electrons. The van der Waals surface area contributed by atoms with Crippen LogP contribution in [0.5, 0.6) is 5.75 Å². The molecular weight excluding hydrogens is 336 g/mol. The number of nitrogens with one attached hydrogen (secondary N) is 1. The molecule has 0 bridgehead atoms. The number of nitrogen functional groups attached to an aromatic ring is 1. The highest BCUT2D eigenvalue weighted by Crippen LogP contribution is 2.18. The second-order valence-corrected chi connectivity index (χ2v) is 5.43. The molecule has 0 aliphatic heterocycles. The molecule has 0 saturated heterocycles. The highest BCUT2D eigenvalue weighted by atomic mass is 16.5. The van der Waals surface area contributed by atoms with Gasteiger partial charge in [-0.25, -0.2) is 4.68 Å². The van der Waals surface area contributed by atoms with Gasteiger partial charge in [0, 0.05) is 11.8 Å². The monoisotopic (exact) mass is 354 g/mol. The van der Waals surface area contributed by atoms with E-state index >= 15 is 0 Å². The van der Waals surface area contributed by atoms with Gasteiger partial charge in [-0.15, -0.1) is 0 Å². The van der Waals surface area contributed by atoms with Gasteiger partial charge in [0.15, 0.2) is 5.76 Å². The molecular formula is C18H18N4O4. The SMILES string of the molecule is CCOc1cccc(NC(=O)Cn2nc(-c3ccco3)cc(N)c2=O)c1. The maximum absolute atomic E-state index is 12.3. The van der Waals surface area contributed by atoms with E-state index in [0.717, 1.165) is 4.68 Å². The van der Waals surface area contributed by atoms with Crippen molar-refractivity contribution in [3.8, 4) is 17.2 Å². The molecule has 0 atom stereocenters. The summed E-state index contributed by atoms with van der Waals surface area (Å²) in [6.45, 7) is 2.12. The first-order chi connectivity index (χ1) is 12.6. The van der Waals surface area contributed by atoms with Crippen molar-refractivity contribution in [3.05, 3.63) is 59.1 Å². The van der Waals surface area contributed by atoms with Crippen LogP contribution in [0.15, 0.2) is 57.9 Å². The Bertz CT molecular complexity index is 964. The van der Waals surface area contributed by atoms with Crippen LogP contribution in [-0.2, 0) is 11.3 Å². The lowest BCUT2D eigenvalue weighted by molar-refractivity contribution is -0.117. The third-order valence-electron chi connectivity index (χ3n) is 3.50. The van der Waals surface area contributed by atoms with E-state index in [-0.39, 0.29) is 12.2 Å². The van der Waals surface area contributed by atoms with Crippen molar-refractivity contribution in [3.63, 3.8) is 0 Å². The summed E-state index contributed by atoms with van der Waals surface area (Å²) < 4.78 is 11.7. The van der Waals surface area contributed by atoms with Crippen molar-refractivity contribution in [2.75, 3.05) is 17.7 Å². The van der Waals surface area contributed by atoms with E-state index < -0.39 is 11.5 Å². The van der Waals surface area contributed by atoms with Crippen LogP contribution in [0, 0.1) is 0 Å². The summed E-state index contributed by atoms with van der Waals surface area (Å²) in [6, 6.07) is 11.8. The van der Waals surface area contributed by atoms with Gasteiger partial charge in [0.1, 0.15) is 23.7 Å². The predicted molar refractivity (Wildman–Crippen MR) is 96.9 cm³/mol. The molecule has 3 rings (SSSR count). The van der Waals surface area contributed by atoms with Crippen molar-refractivity contribution in [1.29, 1.82) is 0 Å². The second-order valence-electron chi connectivity index (χ2n) is 5.43. The fraction of sp³-hybridized carbons (Fsp3) is 0.167. The molecule has 2 heterocycles. The molecule has 0 fully saturated rings. The molecule has 26 heavy (non-hydrogen) atoms. The van der Waals surface area contributed by atoms with E-state index in [1.165, 1.54) is 12.3 Å². The number of nitrogens with two attached hydrogens (primary N) is 1. The molecule has 8 heteroatoms. The molecule has 0 spiro atoms. The van der Waals surface area contributed by atoms with Crippen molar-refractivity contribution < 1.29 is 13.9 Å². The van der Waals surface area contributed by atoms with E-state index in [9.17, 15) is 9.59 Å². The van der Waals surface area contributed by atoms with Crippen LogP contribution in [0.1, 0.15) is 6.92 Å². The predicted octanol–water partition coefficient (Wildman–Crippen LogP) is 2.12. The number of amides is 1. The van der Waals surface area contributed by atoms with Crippen molar-refractivity contribution in [2.24, 2.45) is 0 Å². The Morgan fingerprint density at radius 1 is 1.31 bits per heavy atom. The molecule has 0 aliphatic rings. The molecule has 134 valence electrons. The Labute approximate surface area is 149 Å². The Morgan fingerprint density at radius 2 is 2.15 bits per heavy atom. The summed E-state index contributed by atoms with van der Waals surface area (Å²) in [4.78, 5) is 24.5. The summed E-state index contributed by atoms with van der Waals surface area (Å²) >= 11 is 0. The number of hydrogen-bond acceptors (Lipinski definition) is 6. The summed E-state index contributed by atoms with van der Waals surface area (Å²) in [5, 5.41) is 6.86. The number of anilines is 2. The number of ether oxygens (including phenoxy) is 1. The van der Waals surface area contributed by atoms with Gasteiger partial charge in [-0.2, -0.15) is 5.10 Å². The van der Waals surface area contributed by atoms with Crippen LogP contribution in [0.4, 0.5) is 11.4 Å². The van der Waals surface area contributed by atoms with Crippen LogP contribution < -0.4 is 21.3 Å². The van der Waals surface area contributed by atoms with Gasteiger partial charge in [0.25, 0.3) is 5.56 Å². The number of benzene rings is 1.